The molecule has 1 fully saturated rings. The van der Waals surface area contributed by atoms with Crippen LogP contribution in [-0.4, -0.2) is 32.5 Å². The number of hydrogen-bond donors (Lipinski definition) is 0. The SMILES string of the molecule is CCCn1c(=O)c2sccc2n(CC(=O)N2CCCC[C@H]2C)c1=O. The van der Waals surface area contributed by atoms with Gasteiger partial charge in [-0.2, -0.15) is 0 Å². The number of amides is 1. The highest BCUT2D eigenvalue weighted by atomic mass is 32.1. The Bertz CT molecular complexity index is 864. The molecule has 1 amide bonds. The van der Waals surface area contributed by atoms with Crippen molar-refractivity contribution in [1.29, 1.82) is 0 Å². The lowest BCUT2D eigenvalue weighted by molar-refractivity contribution is -0.135. The predicted octanol–water partition coefficient (Wildman–Crippen LogP) is 2.04. The third-order valence-corrected chi connectivity index (χ3v) is 5.59. The van der Waals surface area contributed by atoms with Crippen molar-refractivity contribution in [2.45, 2.75) is 58.7 Å². The third-order valence-electron chi connectivity index (χ3n) is 4.70. The lowest BCUT2D eigenvalue weighted by Gasteiger charge is -2.33. The first-order valence-electron chi connectivity index (χ1n) is 8.55. The minimum atomic E-state index is -0.384. The van der Waals surface area contributed by atoms with Crippen molar-refractivity contribution in [3.63, 3.8) is 0 Å². The number of carbonyl (C=O) groups excluding carboxylic acids is 1. The first-order chi connectivity index (χ1) is 11.5. The van der Waals surface area contributed by atoms with Crippen LogP contribution in [0.2, 0.25) is 0 Å². The van der Waals surface area contributed by atoms with Crippen LogP contribution in [0.4, 0.5) is 0 Å². The fourth-order valence-corrected chi connectivity index (χ4v) is 4.24. The van der Waals surface area contributed by atoms with Crippen molar-refractivity contribution >= 4 is 27.5 Å². The van der Waals surface area contributed by atoms with E-state index < -0.39 is 0 Å². The second-order valence-corrected chi connectivity index (χ2v) is 7.31. The fourth-order valence-electron chi connectivity index (χ4n) is 3.40. The highest BCUT2D eigenvalue weighted by Crippen LogP contribution is 2.19. The average Bonchev–Trinajstić information content (AvgIpc) is 3.05. The lowest BCUT2D eigenvalue weighted by Crippen LogP contribution is -2.46. The molecular weight excluding hydrogens is 326 g/mol. The van der Waals surface area contributed by atoms with Gasteiger partial charge in [0.25, 0.3) is 5.56 Å². The molecule has 130 valence electrons. The Morgan fingerprint density at radius 3 is 2.79 bits per heavy atom. The van der Waals surface area contributed by atoms with Crippen LogP contribution in [-0.2, 0) is 17.9 Å². The molecule has 2 aromatic heterocycles. The van der Waals surface area contributed by atoms with Crippen molar-refractivity contribution in [2.75, 3.05) is 6.54 Å². The summed E-state index contributed by atoms with van der Waals surface area (Å²) in [5, 5.41) is 1.80. The summed E-state index contributed by atoms with van der Waals surface area (Å²) in [6.07, 6.45) is 3.85. The third kappa shape index (κ3) is 2.92. The number of piperidine rings is 1. The molecule has 0 saturated carbocycles. The first-order valence-corrected chi connectivity index (χ1v) is 9.43. The highest BCUT2D eigenvalue weighted by Gasteiger charge is 2.25. The number of likely N-dealkylation sites (tertiary alicyclic amines) is 1. The zero-order valence-corrected chi connectivity index (χ0v) is 15.0. The second kappa shape index (κ2) is 6.93. The van der Waals surface area contributed by atoms with Crippen molar-refractivity contribution in [3.05, 3.63) is 32.3 Å². The summed E-state index contributed by atoms with van der Waals surface area (Å²) in [7, 11) is 0. The minimum absolute atomic E-state index is 0.000398. The molecule has 7 heteroatoms. The maximum atomic E-state index is 12.8. The first kappa shape index (κ1) is 17.0. The molecule has 0 spiro atoms. The summed E-state index contributed by atoms with van der Waals surface area (Å²) in [5.41, 5.74) is -0.0620. The normalized spacial score (nSPS) is 18.2. The highest BCUT2D eigenvalue weighted by molar-refractivity contribution is 7.17. The van der Waals surface area contributed by atoms with Crippen LogP contribution in [0.25, 0.3) is 10.2 Å². The van der Waals surface area contributed by atoms with Crippen molar-refractivity contribution in [2.24, 2.45) is 0 Å². The van der Waals surface area contributed by atoms with E-state index in [9.17, 15) is 14.4 Å². The summed E-state index contributed by atoms with van der Waals surface area (Å²) >= 11 is 1.32. The van der Waals surface area contributed by atoms with E-state index in [1.807, 2.05) is 11.8 Å². The maximum absolute atomic E-state index is 12.8. The molecule has 0 unspecified atom stereocenters. The molecule has 0 N–H and O–H groups in total. The van der Waals surface area contributed by atoms with Crippen LogP contribution in [0.1, 0.15) is 39.5 Å². The predicted molar refractivity (Wildman–Crippen MR) is 95.7 cm³/mol. The Morgan fingerprint density at radius 1 is 1.29 bits per heavy atom. The van der Waals surface area contributed by atoms with E-state index in [0.29, 0.717) is 23.2 Å². The zero-order chi connectivity index (χ0) is 17.3. The van der Waals surface area contributed by atoms with E-state index in [1.54, 1.807) is 11.4 Å². The zero-order valence-electron chi connectivity index (χ0n) is 14.2. The smallest absolute Gasteiger partial charge is 0.332 e. The summed E-state index contributed by atoms with van der Waals surface area (Å²) in [6.45, 7) is 5.10. The number of aromatic nitrogens is 2. The Labute approximate surface area is 144 Å². The molecule has 6 nitrogen and oxygen atoms in total. The van der Waals surface area contributed by atoms with E-state index in [4.69, 9.17) is 0 Å². The molecule has 1 aliphatic rings. The number of carbonyl (C=O) groups is 1. The molecule has 3 rings (SSSR count). The number of fused-ring (bicyclic) bond motifs is 1. The minimum Gasteiger partial charge on any atom is -0.338 e. The Kier molecular flexibility index (Phi) is 4.89. The van der Waals surface area contributed by atoms with Gasteiger partial charge in [0.15, 0.2) is 0 Å². The summed E-state index contributed by atoms with van der Waals surface area (Å²) in [6, 6.07) is 1.97. The van der Waals surface area contributed by atoms with Gasteiger partial charge < -0.3 is 4.90 Å². The molecular formula is C17H23N3O3S. The molecule has 24 heavy (non-hydrogen) atoms. The van der Waals surface area contributed by atoms with Crippen molar-refractivity contribution < 1.29 is 4.79 Å². The molecule has 3 heterocycles. The number of hydrogen-bond acceptors (Lipinski definition) is 4. The lowest BCUT2D eigenvalue weighted by atomic mass is 10.0. The monoisotopic (exact) mass is 349 g/mol. The van der Waals surface area contributed by atoms with Crippen LogP contribution in [0.5, 0.6) is 0 Å². The van der Waals surface area contributed by atoms with Crippen molar-refractivity contribution in [1.82, 2.24) is 14.0 Å². The summed E-state index contributed by atoms with van der Waals surface area (Å²) in [5.74, 6) is -0.0431. The maximum Gasteiger partial charge on any atom is 0.332 e. The van der Waals surface area contributed by atoms with E-state index in [1.165, 1.54) is 20.5 Å². The van der Waals surface area contributed by atoms with Gasteiger partial charge in [-0.15, -0.1) is 11.3 Å². The van der Waals surface area contributed by atoms with E-state index in [0.717, 1.165) is 25.8 Å². The molecule has 1 saturated heterocycles. The Morgan fingerprint density at radius 2 is 2.08 bits per heavy atom. The van der Waals surface area contributed by atoms with Gasteiger partial charge in [0, 0.05) is 19.1 Å². The quantitative estimate of drug-likeness (QED) is 0.848. The molecule has 0 aliphatic carbocycles. The van der Waals surface area contributed by atoms with Crippen LogP contribution in [0, 0.1) is 0 Å². The molecule has 1 atom stereocenters. The largest absolute Gasteiger partial charge is 0.338 e. The van der Waals surface area contributed by atoms with Gasteiger partial charge >= 0.3 is 5.69 Å². The Hall–Kier alpha value is -1.89. The van der Waals surface area contributed by atoms with Gasteiger partial charge in [-0.25, -0.2) is 4.79 Å². The van der Waals surface area contributed by atoms with Crippen LogP contribution in [0.3, 0.4) is 0 Å². The second-order valence-electron chi connectivity index (χ2n) is 6.39. The van der Waals surface area contributed by atoms with E-state index >= 15 is 0 Å². The number of nitrogens with zero attached hydrogens (tertiary/aromatic N) is 3. The van der Waals surface area contributed by atoms with E-state index in [2.05, 4.69) is 6.92 Å². The van der Waals surface area contributed by atoms with Crippen molar-refractivity contribution in [3.8, 4) is 0 Å². The fraction of sp³-hybridized carbons (Fsp3) is 0.588. The van der Waals surface area contributed by atoms with Gasteiger partial charge in [-0.05, 0) is 44.1 Å². The van der Waals surface area contributed by atoms with E-state index in [-0.39, 0.29) is 29.7 Å². The standard InChI is InChI=1S/C17H23N3O3S/c1-3-8-19-16(22)15-13(7-10-24-15)20(17(19)23)11-14(21)18-9-5-4-6-12(18)2/h7,10,12H,3-6,8-9,11H2,1-2H3/t12-/m1/s1. The average molecular weight is 349 g/mol. The molecule has 0 bridgehead atoms. The summed E-state index contributed by atoms with van der Waals surface area (Å²) < 4.78 is 3.26. The van der Waals surface area contributed by atoms with Crippen LogP contribution < -0.4 is 11.2 Å². The van der Waals surface area contributed by atoms with Gasteiger partial charge in [0.1, 0.15) is 11.2 Å². The molecule has 2 aromatic rings. The molecule has 0 radical (unpaired) electrons. The molecule has 0 aromatic carbocycles. The van der Waals surface area contributed by atoms with Gasteiger partial charge in [-0.3, -0.25) is 18.7 Å². The summed E-state index contributed by atoms with van der Waals surface area (Å²) in [4.78, 5) is 39.8. The number of rotatable bonds is 4. The number of thiophene rings is 1. The molecule has 1 aliphatic heterocycles. The van der Waals surface area contributed by atoms with Crippen LogP contribution in [0.15, 0.2) is 21.0 Å². The van der Waals surface area contributed by atoms with Crippen LogP contribution >= 0.6 is 11.3 Å². The van der Waals surface area contributed by atoms with Gasteiger partial charge in [0.05, 0.1) is 5.52 Å². The van der Waals surface area contributed by atoms with Gasteiger partial charge in [-0.1, -0.05) is 6.92 Å². The Balaban J connectivity index is 2.02. The topological polar surface area (TPSA) is 64.3 Å². The van der Waals surface area contributed by atoms with Gasteiger partial charge in [0.2, 0.25) is 5.91 Å².